The molecule has 1 saturated heterocycles. The molecule has 1 atom stereocenters. The summed E-state index contributed by atoms with van der Waals surface area (Å²) >= 11 is 0. The van der Waals surface area contributed by atoms with E-state index < -0.39 is 5.97 Å². The number of carbonyl (C=O) groups is 2. The molecule has 1 aliphatic heterocycles. The SMILES string of the molecule is CC1CCN(C(=O)NCc2ccc(C(=O)O)cc2)C1. The highest BCUT2D eigenvalue weighted by Crippen LogP contribution is 2.14. The number of hydrogen-bond acceptors (Lipinski definition) is 2. The second-order valence-electron chi connectivity index (χ2n) is 5.00. The average Bonchev–Trinajstić information content (AvgIpc) is 2.83. The lowest BCUT2D eigenvalue weighted by Gasteiger charge is -2.16. The molecule has 5 nitrogen and oxygen atoms in total. The van der Waals surface area contributed by atoms with Crippen LogP contribution in [0.25, 0.3) is 0 Å². The summed E-state index contributed by atoms with van der Waals surface area (Å²) in [4.78, 5) is 24.4. The van der Waals surface area contributed by atoms with E-state index in [-0.39, 0.29) is 11.6 Å². The molecular weight excluding hydrogens is 244 g/mol. The highest BCUT2D eigenvalue weighted by molar-refractivity contribution is 5.87. The topological polar surface area (TPSA) is 69.6 Å². The maximum atomic E-state index is 11.9. The molecule has 1 fully saturated rings. The number of nitrogens with zero attached hydrogens (tertiary/aromatic N) is 1. The standard InChI is InChI=1S/C14H18N2O3/c1-10-6-7-16(9-10)14(19)15-8-11-2-4-12(5-3-11)13(17)18/h2-5,10H,6-9H2,1H3,(H,15,19)(H,17,18). The Balaban J connectivity index is 1.85. The van der Waals surface area contributed by atoms with Crippen molar-refractivity contribution in [2.24, 2.45) is 5.92 Å². The van der Waals surface area contributed by atoms with E-state index in [0.717, 1.165) is 25.1 Å². The number of likely N-dealkylation sites (tertiary alicyclic amines) is 1. The van der Waals surface area contributed by atoms with Gasteiger partial charge in [-0.2, -0.15) is 0 Å². The molecule has 0 spiro atoms. The van der Waals surface area contributed by atoms with Gasteiger partial charge in [0.25, 0.3) is 0 Å². The molecule has 2 amide bonds. The van der Waals surface area contributed by atoms with Crippen LogP contribution in [-0.2, 0) is 6.54 Å². The summed E-state index contributed by atoms with van der Waals surface area (Å²) in [6.45, 7) is 4.18. The largest absolute Gasteiger partial charge is 0.478 e. The first-order chi connectivity index (χ1) is 9.06. The molecule has 1 aromatic carbocycles. The van der Waals surface area contributed by atoms with E-state index in [2.05, 4.69) is 12.2 Å². The lowest BCUT2D eigenvalue weighted by Crippen LogP contribution is -2.37. The first-order valence-electron chi connectivity index (χ1n) is 6.41. The average molecular weight is 262 g/mol. The molecule has 0 saturated carbocycles. The molecule has 5 heteroatoms. The molecule has 0 radical (unpaired) electrons. The van der Waals surface area contributed by atoms with Gasteiger partial charge in [0.15, 0.2) is 0 Å². The highest BCUT2D eigenvalue weighted by Gasteiger charge is 2.22. The fourth-order valence-corrected chi connectivity index (χ4v) is 2.17. The summed E-state index contributed by atoms with van der Waals surface area (Å²) in [6.07, 6.45) is 1.06. The van der Waals surface area contributed by atoms with Crippen LogP contribution in [0, 0.1) is 5.92 Å². The van der Waals surface area contributed by atoms with Gasteiger partial charge < -0.3 is 15.3 Å². The first-order valence-corrected chi connectivity index (χ1v) is 6.41. The van der Waals surface area contributed by atoms with Crippen LogP contribution < -0.4 is 5.32 Å². The number of aromatic carboxylic acids is 1. The van der Waals surface area contributed by atoms with Gasteiger partial charge in [0.05, 0.1) is 5.56 Å². The number of carbonyl (C=O) groups excluding carboxylic acids is 1. The predicted molar refractivity (Wildman–Crippen MR) is 71.0 cm³/mol. The van der Waals surface area contributed by atoms with Crippen LogP contribution in [0.1, 0.15) is 29.3 Å². The molecule has 1 aromatic rings. The number of urea groups is 1. The Labute approximate surface area is 112 Å². The Morgan fingerprint density at radius 2 is 2.05 bits per heavy atom. The van der Waals surface area contributed by atoms with E-state index >= 15 is 0 Å². The van der Waals surface area contributed by atoms with E-state index in [1.807, 2.05) is 4.90 Å². The zero-order valence-electron chi connectivity index (χ0n) is 10.9. The van der Waals surface area contributed by atoms with Crippen LogP contribution in [0.5, 0.6) is 0 Å². The second-order valence-corrected chi connectivity index (χ2v) is 5.00. The third kappa shape index (κ3) is 3.47. The molecule has 1 heterocycles. The summed E-state index contributed by atoms with van der Waals surface area (Å²) < 4.78 is 0. The van der Waals surface area contributed by atoms with E-state index in [1.165, 1.54) is 0 Å². The van der Waals surface area contributed by atoms with Crippen molar-refractivity contribution in [2.75, 3.05) is 13.1 Å². The van der Waals surface area contributed by atoms with Crippen LogP contribution in [0.15, 0.2) is 24.3 Å². The van der Waals surface area contributed by atoms with Crippen LogP contribution in [0.3, 0.4) is 0 Å². The number of nitrogens with one attached hydrogen (secondary N) is 1. The van der Waals surface area contributed by atoms with Crippen molar-refractivity contribution in [3.05, 3.63) is 35.4 Å². The zero-order chi connectivity index (χ0) is 13.8. The Morgan fingerprint density at radius 1 is 1.37 bits per heavy atom. The summed E-state index contributed by atoms with van der Waals surface area (Å²) in [6, 6.07) is 6.47. The zero-order valence-corrected chi connectivity index (χ0v) is 10.9. The fourth-order valence-electron chi connectivity index (χ4n) is 2.17. The van der Waals surface area contributed by atoms with Gasteiger partial charge in [-0.3, -0.25) is 0 Å². The van der Waals surface area contributed by atoms with Crippen molar-refractivity contribution in [3.63, 3.8) is 0 Å². The predicted octanol–water partition coefficient (Wildman–Crippen LogP) is 1.94. The summed E-state index contributed by atoms with van der Waals surface area (Å²) in [7, 11) is 0. The van der Waals surface area contributed by atoms with Gasteiger partial charge >= 0.3 is 12.0 Å². The van der Waals surface area contributed by atoms with Crippen LogP contribution in [-0.4, -0.2) is 35.1 Å². The number of hydrogen-bond donors (Lipinski definition) is 2. The molecule has 1 unspecified atom stereocenters. The van der Waals surface area contributed by atoms with E-state index in [0.29, 0.717) is 12.5 Å². The maximum absolute atomic E-state index is 11.9. The minimum atomic E-state index is -0.943. The van der Waals surface area contributed by atoms with Gasteiger partial charge in [0, 0.05) is 19.6 Å². The molecule has 2 rings (SSSR count). The third-order valence-electron chi connectivity index (χ3n) is 3.36. The van der Waals surface area contributed by atoms with Crippen molar-refractivity contribution in [1.82, 2.24) is 10.2 Å². The summed E-state index contributed by atoms with van der Waals surface area (Å²) in [5, 5.41) is 11.6. The van der Waals surface area contributed by atoms with Crippen LogP contribution >= 0.6 is 0 Å². The quantitative estimate of drug-likeness (QED) is 0.874. The monoisotopic (exact) mass is 262 g/mol. The van der Waals surface area contributed by atoms with Gasteiger partial charge in [0.2, 0.25) is 0 Å². The number of amides is 2. The van der Waals surface area contributed by atoms with Gasteiger partial charge in [-0.1, -0.05) is 19.1 Å². The van der Waals surface area contributed by atoms with E-state index in [1.54, 1.807) is 24.3 Å². The van der Waals surface area contributed by atoms with Gasteiger partial charge in [-0.25, -0.2) is 9.59 Å². The highest BCUT2D eigenvalue weighted by atomic mass is 16.4. The molecule has 102 valence electrons. The Kier molecular flexibility index (Phi) is 4.04. The summed E-state index contributed by atoms with van der Waals surface area (Å²) in [5.41, 5.74) is 1.15. The van der Waals surface area contributed by atoms with Crippen molar-refractivity contribution < 1.29 is 14.7 Å². The third-order valence-corrected chi connectivity index (χ3v) is 3.36. The van der Waals surface area contributed by atoms with Crippen molar-refractivity contribution in [3.8, 4) is 0 Å². The molecular formula is C14H18N2O3. The number of carboxylic acids is 1. The Bertz CT molecular complexity index is 470. The van der Waals surface area contributed by atoms with Gasteiger partial charge in [-0.15, -0.1) is 0 Å². The second kappa shape index (κ2) is 5.73. The minimum absolute atomic E-state index is 0.0494. The van der Waals surface area contributed by atoms with Gasteiger partial charge in [-0.05, 0) is 30.0 Å². The van der Waals surface area contributed by atoms with Crippen molar-refractivity contribution >= 4 is 12.0 Å². The fraction of sp³-hybridized carbons (Fsp3) is 0.429. The first kappa shape index (κ1) is 13.4. The molecule has 19 heavy (non-hydrogen) atoms. The number of carboxylic acid groups (broad SMARTS) is 1. The maximum Gasteiger partial charge on any atom is 0.335 e. The summed E-state index contributed by atoms with van der Waals surface area (Å²) in [5.74, 6) is -0.373. The minimum Gasteiger partial charge on any atom is -0.478 e. The van der Waals surface area contributed by atoms with Crippen LogP contribution in [0.2, 0.25) is 0 Å². The smallest absolute Gasteiger partial charge is 0.335 e. The lowest BCUT2D eigenvalue weighted by atomic mass is 10.1. The number of benzene rings is 1. The normalized spacial score (nSPS) is 18.4. The Hall–Kier alpha value is -2.04. The molecule has 0 bridgehead atoms. The van der Waals surface area contributed by atoms with E-state index in [9.17, 15) is 9.59 Å². The van der Waals surface area contributed by atoms with Crippen molar-refractivity contribution in [2.45, 2.75) is 19.9 Å². The van der Waals surface area contributed by atoms with Crippen molar-refractivity contribution in [1.29, 1.82) is 0 Å². The molecule has 2 N–H and O–H groups in total. The molecule has 0 aromatic heterocycles. The molecule has 0 aliphatic carbocycles. The van der Waals surface area contributed by atoms with Crippen LogP contribution in [0.4, 0.5) is 4.79 Å². The molecule has 1 aliphatic rings. The Morgan fingerprint density at radius 3 is 2.58 bits per heavy atom. The lowest BCUT2D eigenvalue weighted by molar-refractivity contribution is 0.0697. The van der Waals surface area contributed by atoms with E-state index in [4.69, 9.17) is 5.11 Å². The number of rotatable bonds is 3. The van der Waals surface area contributed by atoms with Gasteiger partial charge in [0.1, 0.15) is 0 Å².